The molecular weight excluding hydrogens is 324 g/mol. The van der Waals surface area contributed by atoms with Crippen molar-refractivity contribution in [3.63, 3.8) is 0 Å². The van der Waals surface area contributed by atoms with E-state index >= 15 is 0 Å². The van der Waals surface area contributed by atoms with Gasteiger partial charge < -0.3 is 10.2 Å². The number of carboxylic acid groups (broad SMARTS) is 1. The van der Waals surface area contributed by atoms with Gasteiger partial charge in [0.25, 0.3) is 0 Å². The van der Waals surface area contributed by atoms with E-state index in [1.807, 2.05) is 0 Å². The van der Waals surface area contributed by atoms with Crippen LogP contribution in [0.25, 0.3) is 10.9 Å². The van der Waals surface area contributed by atoms with E-state index in [-0.39, 0.29) is 11.1 Å². The van der Waals surface area contributed by atoms with Crippen LogP contribution in [0.1, 0.15) is 11.7 Å². The zero-order valence-electron chi connectivity index (χ0n) is 9.35. The molecule has 0 spiro atoms. The molecule has 0 radical (unpaired) electrons. The van der Waals surface area contributed by atoms with Crippen molar-refractivity contribution in [1.29, 1.82) is 0 Å². The lowest BCUT2D eigenvalue weighted by molar-refractivity contribution is -0.182. The Balaban J connectivity index is 2.64. The van der Waals surface area contributed by atoms with Crippen molar-refractivity contribution in [3.8, 4) is 0 Å². The van der Waals surface area contributed by atoms with E-state index in [1.165, 1.54) is 18.3 Å². The Hall–Kier alpha value is -1.60. The molecule has 0 aliphatic rings. The maximum atomic E-state index is 13.4. The number of alkyl halides is 2. The number of aliphatic hydroxyl groups excluding tert-OH is 1. The van der Waals surface area contributed by atoms with Gasteiger partial charge in [0.1, 0.15) is 0 Å². The topological polar surface area (TPSA) is 70.4 Å². The lowest BCUT2D eigenvalue weighted by atomic mass is 10.0. The molecule has 2 rings (SSSR count). The number of hydrogen-bond acceptors (Lipinski definition) is 3. The summed E-state index contributed by atoms with van der Waals surface area (Å²) >= 11 is 3.23. The van der Waals surface area contributed by atoms with Crippen LogP contribution in [-0.4, -0.2) is 27.1 Å². The van der Waals surface area contributed by atoms with Crippen LogP contribution in [0.15, 0.2) is 34.9 Å². The fourth-order valence-electron chi connectivity index (χ4n) is 1.69. The third-order valence-electron chi connectivity index (χ3n) is 2.67. The zero-order chi connectivity index (χ0) is 14.2. The number of aromatic nitrogens is 1. The van der Waals surface area contributed by atoms with Crippen molar-refractivity contribution in [2.75, 3.05) is 0 Å². The number of rotatable bonds is 3. The van der Waals surface area contributed by atoms with E-state index in [9.17, 15) is 18.7 Å². The van der Waals surface area contributed by atoms with Crippen molar-refractivity contribution in [3.05, 3.63) is 40.5 Å². The van der Waals surface area contributed by atoms with Gasteiger partial charge in [-0.2, -0.15) is 8.78 Å². The second-order valence-electron chi connectivity index (χ2n) is 3.87. The third kappa shape index (κ3) is 2.31. The van der Waals surface area contributed by atoms with Gasteiger partial charge in [0.2, 0.25) is 0 Å². The van der Waals surface area contributed by atoms with Gasteiger partial charge in [0.15, 0.2) is 6.10 Å². The van der Waals surface area contributed by atoms with Gasteiger partial charge in [-0.05, 0) is 12.1 Å². The summed E-state index contributed by atoms with van der Waals surface area (Å²) in [6.07, 6.45) is -1.08. The number of pyridine rings is 1. The third-order valence-corrected chi connectivity index (χ3v) is 3.36. The lowest BCUT2D eigenvalue weighted by Gasteiger charge is -2.19. The Morgan fingerprint density at radius 2 is 2.05 bits per heavy atom. The van der Waals surface area contributed by atoms with E-state index in [0.717, 1.165) is 0 Å². The summed E-state index contributed by atoms with van der Waals surface area (Å²) in [5.74, 6) is -6.66. The minimum atomic E-state index is -4.28. The predicted molar refractivity (Wildman–Crippen MR) is 67.0 cm³/mol. The Labute approximate surface area is 114 Å². The monoisotopic (exact) mass is 331 g/mol. The van der Waals surface area contributed by atoms with Crippen molar-refractivity contribution in [2.24, 2.45) is 0 Å². The van der Waals surface area contributed by atoms with Gasteiger partial charge in [-0.25, -0.2) is 4.79 Å². The normalized spacial score (nSPS) is 13.5. The molecule has 2 N–H and O–H groups in total. The van der Waals surface area contributed by atoms with Crippen molar-refractivity contribution < 1.29 is 23.8 Å². The summed E-state index contributed by atoms with van der Waals surface area (Å²) in [5.41, 5.74) is -0.100. The van der Waals surface area contributed by atoms with Crippen LogP contribution in [0.5, 0.6) is 0 Å². The molecule has 1 aromatic heterocycles. The quantitative estimate of drug-likeness (QED) is 0.907. The molecule has 0 bridgehead atoms. The summed E-state index contributed by atoms with van der Waals surface area (Å²) in [7, 11) is 0. The molecule has 1 unspecified atom stereocenters. The van der Waals surface area contributed by atoms with Crippen LogP contribution in [-0.2, 0) is 4.79 Å². The molecule has 0 amide bonds. The molecule has 1 atom stereocenters. The predicted octanol–water partition coefficient (Wildman–Crippen LogP) is 2.75. The minimum absolute atomic E-state index is 0.130. The number of carbonyl (C=O) groups is 1. The molecule has 0 fully saturated rings. The van der Waals surface area contributed by atoms with E-state index in [0.29, 0.717) is 9.86 Å². The summed E-state index contributed by atoms with van der Waals surface area (Å²) in [6, 6.07) is 5.92. The van der Waals surface area contributed by atoms with Crippen LogP contribution >= 0.6 is 15.9 Å². The highest BCUT2D eigenvalue weighted by Gasteiger charge is 2.48. The molecule has 19 heavy (non-hydrogen) atoms. The second kappa shape index (κ2) is 4.82. The number of aliphatic carboxylic acids is 1. The van der Waals surface area contributed by atoms with Gasteiger partial charge in [0.05, 0.1) is 5.52 Å². The lowest BCUT2D eigenvalue weighted by Crippen LogP contribution is -2.35. The highest BCUT2D eigenvalue weighted by Crippen LogP contribution is 2.36. The molecule has 100 valence electrons. The van der Waals surface area contributed by atoms with Crippen LogP contribution in [0.2, 0.25) is 0 Å². The number of nitrogens with zero attached hydrogens (tertiary/aromatic N) is 1. The Morgan fingerprint density at radius 3 is 2.68 bits per heavy atom. The fourth-order valence-corrected chi connectivity index (χ4v) is 2.14. The first kappa shape index (κ1) is 13.8. The SMILES string of the molecule is O=C(O)C(F)(F)C(O)c1ccc(Br)c2cccnc12. The first-order valence-corrected chi connectivity index (χ1v) is 5.97. The molecule has 0 saturated carbocycles. The molecule has 1 aromatic carbocycles. The fraction of sp³-hybridized carbons (Fsp3) is 0.167. The van der Waals surface area contributed by atoms with E-state index in [4.69, 9.17) is 5.11 Å². The summed E-state index contributed by atoms with van der Waals surface area (Å²) in [4.78, 5) is 14.4. The molecule has 0 aliphatic carbocycles. The molecule has 7 heteroatoms. The molecule has 2 aromatic rings. The van der Waals surface area contributed by atoms with E-state index < -0.39 is 18.0 Å². The average Bonchev–Trinajstić information content (AvgIpc) is 2.38. The number of carboxylic acids is 1. The highest BCUT2D eigenvalue weighted by atomic mass is 79.9. The van der Waals surface area contributed by atoms with Gasteiger partial charge in [-0.15, -0.1) is 0 Å². The number of hydrogen-bond donors (Lipinski definition) is 2. The highest BCUT2D eigenvalue weighted by molar-refractivity contribution is 9.10. The van der Waals surface area contributed by atoms with E-state index in [1.54, 1.807) is 12.1 Å². The maximum Gasteiger partial charge on any atom is 0.377 e. The van der Waals surface area contributed by atoms with Crippen molar-refractivity contribution in [2.45, 2.75) is 12.0 Å². The zero-order valence-corrected chi connectivity index (χ0v) is 10.9. The number of aliphatic hydroxyl groups is 1. The number of fused-ring (bicyclic) bond motifs is 1. The molecule has 4 nitrogen and oxygen atoms in total. The van der Waals surface area contributed by atoms with Crippen LogP contribution in [0, 0.1) is 0 Å². The van der Waals surface area contributed by atoms with Crippen LogP contribution < -0.4 is 0 Å². The molecular formula is C12H8BrF2NO3. The second-order valence-corrected chi connectivity index (χ2v) is 4.72. The number of benzene rings is 1. The maximum absolute atomic E-state index is 13.4. The largest absolute Gasteiger partial charge is 0.477 e. The average molecular weight is 332 g/mol. The summed E-state index contributed by atoms with van der Waals surface area (Å²) in [6.45, 7) is 0. The van der Waals surface area contributed by atoms with Gasteiger partial charge in [0, 0.05) is 21.6 Å². The molecule has 0 saturated heterocycles. The Kier molecular flexibility index (Phi) is 3.51. The van der Waals surface area contributed by atoms with Gasteiger partial charge in [-0.3, -0.25) is 4.98 Å². The number of halogens is 3. The first-order valence-electron chi connectivity index (χ1n) is 5.18. The standard InChI is InChI=1S/C12H8BrF2NO3/c13-8-4-3-7(9-6(8)2-1-5-16-9)10(17)12(14,15)11(18)19/h1-5,10,17H,(H,18,19). The van der Waals surface area contributed by atoms with Gasteiger partial charge >= 0.3 is 11.9 Å². The van der Waals surface area contributed by atoms with Gasteiger partial charge in [-0.1, -0.05) is 28.1 Å². The summed E-state index contributed by atoms with van der Waals surface area (Å²) < 4.78 is 27.3. The van der Waals surface area contributed by atoms with E-state index in [2.05, 4.69) is 20.9 Å². The minimum Gasteiger partial charge on any atom is -0.477 e. The summed E-state index contributed by atoms with van der Waals surface area (Å²) in [5, 5.41) is 18.6. The Bertz CT molecular complexity index is 648. The molecule has 1 heterocycles. The van der Waals surface area contributed by atoms with Crippen molar-refractivity contribution in [1.82, 2.24) is 4.98 Å². The van der Waals surface area contributed by atoms with Crippen LogP contribution in [0.3, 0.4) is 0 Å². The Morgan fingerprint density at radius 1 is 1.37 bits per heavy atom. The van der Waals surface area contributed by atoms with Crippen LogP contribution in [0.4, 0.5) is 8.78 Å². The van der Waals surface area contributed by atoms with Crippen molar-refractivity contribution >= 4 is 32.8 Å². The molecule has 0 aliphatic heterocycles. The first-order chi connectivity index (χ1) is 8.85. The smallest absolute Gasteiger partial charge is 0.377 e.